The van der Waals surface area contributed by atoms with Crippen molar-refractivity contribution in [1.82, 2.24) is 9.97 Å². The Labute approximate surface area is 102 Å². The second kappa shape index (κ2) is 4.76. The van der Waals surface area contributed by atoms with Gasteiger partial charge >= 0.3 is 0 Å². The lowest BCUT2D eigenvalue weighted by molar-refractivity contribution is 0.128. The molecular weight excluding hydrogens is 279 g/mol. The predicted octanol–water partition coefficient (Wildman–Crippen LogP) is 3.31. The molecule has 82 valence electrons. The van der Waals surface area contributed by atoms with Gasteiger partial charge in [0.05, 0.1) is 10.2 Å². The number of hydrogen-bond acceptors (Lipinski definition) is 3. The van der Waals surface area contributed by atoms with Crippen LogP contribution >= 0.6 is 27.5 Å². The van der Waals surface area contributed by atoms with Crippen molar-refractivity contribution >= 4 is 27.5 Å². The van der Waals surface area contributed by atoms with Crippen LogP contribution in [0.1, 0.15) is 37.2 Å². The summed E-state index contributed by atoms with van der Waals surface area (Å²) in [4.78, 5) is 8.63. The third-order valence-electron chi connectivity index (χ3n) is 2.28. The minimum absolute atomic E-state index is 0.434. The number of halogens is 2. The Bertz CT molecular complexity index is 369. The van der Waals surface area contributed by atoms with E-state index >= 15 is 0 Å². The summed E-state index contributed by atoms with van der Waals surface area (Å²) >= 11 is 9.44. The van der Waals surface area contributed by atoms with Crippen LogP contribution in [-0.2, 0) is 11.3 Å². The summed E-state index contributed by atoms with van der Waals surface area (Å²) in [6, 6.07) is 0. The van der Waals surface area contributed by atoms with Crippen molar-refractivity contribution in [3.05, 3.63) is 21.1 Å². The van der Waals surface area contributed by atoms with E-state index in [2.05, 4.69) is 25.9 Å². The van der Waals surface area contributed by atoms with Gasteiger partial charge in [-0.25, -0.2) is 9.97 Å². The second-order valence-corrected chi connectivity index (χ2v) is 4.69. The Balaban J connectivity index is 2.24. The van der Waals surface area contributed by atoms with Crippen molar-refractivity contribution in [2.24, 2.45) is 0 Å². The third kappa shape index (κ3) is 2.68. The van der Waals surface area contributed by atoms with Crippen molar-refractivity contribution in [3.8, 4) is 0 Å². The van der Waals surface area contributed by atoms with Crippen LogP contribution in [0.25, 0.3) is 0 Å². The molecule has 0 bridgehead atoms. The predicted molar refractivity (Wildman–Crippen MR) is 62.0 cm³/mol. The molecule has 0 N–H and O–H groups in total. The van der Waals surface area contributed by atoms with Crippen LogP contribution in [0.3, 0.4) is 0 Å². The molecule has 1 heterocycles. The molecule has 2 rings (SSSR count). The summed E-state index contributed by atoms with van der Waals surface area (Å²) in [5.41, 5.74) is 1.03. The average Bonchev–Trinajstić information content (AvgIpc) is 3.03. The largest absolute Gasteiger partial charge is 0.374 e. The summed E-state index contributed by atoms with van der Waals surface area (Å²) in [5, 5.41) is 0.488. The maximum absolute atomic E-state index is 6.02. The van der Waals surface area contributed by atoms with Crippen LogP contribution in [0.5, 0.6) is 0 Å². The standard InChI is InChI=1S/C10H12BrClN2O/c1-2-15-5-7-13-9(6-3-4-6)8(11)10(12)14-7/h6H,2-5H2,1H3. The maximum atomic E-state index is 6.02. The highest BCUT2D eigenvalue weighted by Crippen LogP contribution is 2.43. The number of ether oxygens (including phenoxy) is 1. The van der Waals surface area contributed by atoms with Gasteiger partial charge in [-0.05, 0) is 35.7 Å². The molecule has 0 atom stereocenters. The van der Waals surface area contributed by atoms with E-state index in [4.69, 9.17) is 16.3 Å². The highest BCUT2D eigenvalue weighted by molar-refractivity contribution is 9.10. The van der Waals surface area contributed by atoms with Gasteiger partial charge in [0.1, 0.15) is 11.8 Å². The molecule has 0 amide bonds. The topological polar surface area (TPSA) is 35.0 Å². The molecule has 15 heavy (non-hydrogen) atoms. The smallest absolute Gasteiger partial charge is 0.156 e. The Hall–Kier alpha value is -0.190. The molecule has 1 aromatic rings. The fourth-order valence-electron chi connectivity index (χ4n) is 1.37. The first-order valence-corrected chi connectivity index (χ1v) is 6.19. The van der Waals surface area contributed by atoms with E-state index in [0.717, 1.165) is 10.2 Å². The zero-order chi connectivity index (χ0) is 10.8. The van der Waals surface area contributed by atoms with Crippen LogP contribution in [0.4, 0.5) is 0 Å². The van der Waals surface area contributed by atoms with Gasteiger partial charge in [0.15, 0.2) is 5.82 Å². The molecule has 0 radical (unpaired) electrons. The van der Waals surface area contributed by atoms with Crippen LogP contribution in [0.2, 0.25) is 5.15 Å². The molecule has 0 aliphatic heterocycles. The van der Waals surface area contributed by atoms with Crippen LogP contribution in [0.15, 0.2) is 4.47 Å². The van der Waals surface area contributed by atoms with Gasteiger partial charge in [-0.15, -0.1) is 0 Å². The van der Waals surface area contributed by atoms with Crippen molar-refractivity contribution in [2.75, 3.05) is 6.61 Å². The first-order valence-electron chi connectivity index (χ1n) is 5.02. The summed E-state index contributed by atoms with van der Waals surface area (Å²) in [7, 11) is 0. The number of hydrogen-bond donors (Lipinski definition) is 0. The molecule has 1 aromatic heterocycles. The van der Waals surface area contributed by atoms with E-state index < -0.39 is 0 Å². The van der Waals surface area contributed by atoms with Gasteiger partial charge in [-0.2, -0.15) is 0 Å². The van der Waals surface area contributed by atoms with E-state index in [0.29, 0.717) is 30.1 Å². The van der Waals surface area contributed by atoms with E-state index in [1.165, 1.54) is 12.8 Å². The van der Waals surface area contributed by atoms with Gasteiger partial charge < -0.3 is 4.74 Å². The fourth-order valence-corrected chi connectivity index (χ4v) is 2.06. The van der Waals surface area contributed by atoms with Crippen molar-refractivity contribution in [2.45, 2.75) is 32.3 Å². The van der Waals surface area contributed by atoms with Crippen molar-refractivity contribution in [3.63, 3.8) is 0 Å². The molecule has 1 aliphatic rings. The van der Waals surface area contributed by atoms with Crippen molar-refractivity contribution < 1.29 is 4.74 Å². The minimum atomic E-state index is 0.434. The van der Waals surface area contributed by atoms with E-state index in [-0.39, 0.29) is 0 Å². The highest BCUT2D eigenvalue weighted by Gasteiger charge is 2.29. The fraction of sp³-hybridized carbons (Fsp3) is 0.600. The zero-order valence-corrected chi connectivity index (χ0v) is 10.8. The molecule has 1 fully saturated rings. The molecule has 5 heteroatoms. The first kappa shape index (κ1) is 11.3. The van der Waals surface area contributed by atoms with Crippen LogP contribution in [0, 0.1) is 0 Å². The first-order chi connectivity index (χ1) is 7.22. The van der Waals surface area contributed by atoms with Crippen molar-refractivity contribution in [1.29, 1.82) is 0 Å². The molecule has 0 spiro atoms. The quantitative estimate of drug-likeness (QED) is 0.798. The lowest BCUT2D eigenvalue weighted by Crippen LogP contribution is -2.03. The summed E-state index contributed by atoms with van der Waals surface area (Å²) < 4.78 is 6.11. The van der Waals surface area contributed by atoms with Crippen LogP contribution < -0.4 is 0 Å². The molecule has 0 saturated heterocycles. The normalized spacial score (nSPS) is 15.7. The lowest BCUT2D eigenvalue weighted by atomic mass is 10.3. The number of rotatable bonds is 4. The Morgan fingerprint density at radius 2 is 2.20 bits per heavy atom. The van der Waals surface area contributed by atoms with Gasteiger partial charge in [-0.3, -0.25) is 0 Å². The van der Waals surface area contributed by atoms with E-state index in [9.17, 15) is 0 Å². The Morgan fingerprint density at radius 1 is 1.47 bits per heavy atom. The second-order valence-electron chi connectivity index (χ2n) is 3.54. The molecule has 3 nitrogen and oxygen atoms in total. The summed E-state index contributed by atoms with van der Waals surface area (Å²) in [6.07, 6.45) is 2.39. The van der Waals surface area contributed by atoms with Gasteiger partial charge in [0.25, 0.3) is 0 Å². The third-order valence-corrected chi connectivity index (χ3v) is 3.57. The average molecular weight is 292 g/mol. The Morgan fingerprint density at radius 3 is 2.80 bits per heavy atom. The molecule has 1 aliphatic carbocycles. The van der Waals surface area contributed by atoms with Gasteiger partial charge in [-0.1, -0.05) is 11.6 Å². The molecule has 0 aromatic carbocycles. The summed E-state index contributed by atoms with van der Waals surface area (Å²) in [5.74, 6) is 1.23. The zero-order valence-electron chi connectivity index (χ0n) is 8.46. The van der Waals surface area contributed by atoms with Gasteiger partial charge in [0, 0.05) is 12.5 Å². The lowest BCUT2D eigenvalue weighted by Gasteiger charge is -2.07. The number of nitrogens with zero attached hydrogens (tertiary/aromatic N) is 2. The summed E-state index contributed by atoms with van der Waals surface area (Å²) in [6.45, 7) is 3.04. The maximum Gasteiger partial charge on any atom is 0.156 e. The minimum Gasteiger partial charge on any atom is -0.374 e. The van der Waals surface area contributed by atoms with Gasteiger partial charge in [0.2, 0.25) is 0 Å². The van der Waals surface area contributed by atoms with E-state index in [1.807, 2.05) is 6.92 Å². The molecule has 1 saturated carbocycles. The SMILES string of the molecule is CCOCc1nc(Cl)c(Br)c(C2CC2)n1. The van der Waals surface area contributed by atoms with Crippen LogP contribution in [-0.4, -0.2) is 16.6 Å². The molecule has 0 unspecified atom stereocenters. The monoisotopic (exact) mass is 290 g/mol. The highest BCUT2D eigenvalue weighted by atomic mass is 79.9. The Kier molecular flexibility index (Phi) is 3.59. The van der Waals surface area contributed by atoms with E-state index in [1.54, 1.807) is 0 Å². The molecular formula is C10H12BrClN2O. The number of aromatic nitrogens is 2.